The third-order valence-electron chi connectivity index (χ3n) is 3.91. The van der Waals surface area contributed by atoms with Crippen molar-refractivity contribution >= 4 is 11.6 Å². The number of hydrogen-bond acceptors (Lipinski definition) is 4. The van der Waals surface area contributed by atoms with Crippen molar-refractivity contribution in [2.24, 2.45) is 23.2 Å². The molecule has 0 N–H and O–H groups in total. The molecule has 4 nitrogen and oxygen atoms in total. The number of rotatable bonds is 6. The van der Waals surface area contributed by atoms with Crippen LogP contribution in [-0.4, -0.2) is 16.7 Å². The van der Waals surface area contributed by atoms with Crippen LogP contribution in [-0.2, 0) is 4.79 Å². The van der Waals surface area contributed by atoms with Crippen molar-refractivity contribution in [3.8, 4) is 0 Å². The maximum atomic E-state index is 12.3. The summed E-state index contributed by atoms with van der Waals surface area (Å²) in [5.74, 6) is 1.18. The predicted molar refractivity (Wildman–Crippen MR) is 70.7 cm³/mol. The van der Waals surface area contributed by atoms with E-state index >= 15 is 0 Å². The van der Waals surface area contributed by atoms with Crippen LogP contribution >= 0.6 is 0 Å². The Morgan fingerprint density at radius 2 is 2.16 bits per heavy atom. The molecular weight excluding hydrogens is 242 g/mol. The van der Waals surface area contributed by atoms with Gasteiger partial charge < -0.3 is 4.52 Å². The second kappa shape index (κ2) is 4.91. The van der Waals surface area contributed by atoms with Crippen LogP contribution in [0.1, 0.15) is 51.1 Å². The first kappa shape index (κ1) is 14.0. The van der Waals surface area contributed by atoms with Gasteiger partial charge in [0.15, 0.2) is 0 Å². The van der Waals surface area contributed by atoms with Gasteiger partial charge in [0, 0.05) is 23.3 Å². The summed E-state index contributed by atoms with van der Waals surface area (Å²) in [6.07, 6.45) is 3.13. The molecule has 1 aromatic heterocycles. The quantitative estimate of drug-likeness (QED) is 0.740. The molecule has 2 atom stereocenters. The van der Waals surface area contributed by atoms with E-state index in [0.717, 1.165) is 12.8 Å². The van der Waals surface area contributed by atoms with Gasteiger partial charge in [0.2, 0.25) is 11.5 Å². The largest absolute Gasteiger partial charge is 0.353 e. The average Bonchev–Trinajstić information content (AvgIpc) is 2.88. The maximum Gasteiger partial charge on any atom is 0.206 e. The highest BCUT2D eigenvalue weighted by Gasteiger charge is 2.47. The Hall–Kier alpha value is -1.45. The Balaban J connectivity index is 1.96. The van der Waals surface area contributed by atoms with Crippen LogP contribution in [0.3, 0.4) is 0 Å². The Labute approximate surface area is 113 Å². The molecule has 2 unspecified atom stereocenters. The number of hydrogen-bond donors (Lipinski definition) is 0. The lowest BCUT2D eigenvalue weighted by molar-refractivity contribution is -0.123. The van der Waals surface area contributed by atoms with Gasteiger partial charge in [-0.05, 0) is 18.8 Å². The van der Waals surface area contributed by atoms with Crippen LogP contribution in [0.2, 0.25) is 0 Å². The molecule has 0 amide bonds. The Bertz CT molecular complexity index is 474. The van der Waals surface area contributed by atoms with E-state index in [2.05, 4.69) is 5.16 Å². The van der Waals surface area contributed by atoms with E-state index < -0.39 is 5.41 Å². The third kappa shape index (κ3) is 2.94. The van der Waals surface area contributed by atoms with E-state index in [1.165, 1.54) is 6.20 Å². The van der Waals surface area contributed by atoms with Gasteiger partial charge in [-0.25, -0.2) is 0 Å². The standard InChI is InChI=1S/C15H21NO3/c1-9(2)13(17)11-7-10(11)8-15(3,4)14(18)12-5-6-16-19-12/h5-6,9-11H,7-8H2,1-4H3. The molecule has 2 rings (SSSR count). The zero-order valence-corrected chi connectivity index (χ0v) is 12.0. The highest BCUT2D eigenvalue weighted by atomic mass is 16.5. The number of Topliss-reactive ketones (excluding diaryl/α,β-unsaturated/α-hetero) is 2. The van der Waals surface area contributed by atoms with E-state index in [1.54, 1.807) is 6.07 Å². The fourth-order valence-electron chi connectivity index (χ4n) is 2.66. The van der Waals surface area contributed by atoms with E-state index in [-0.39, 0.29) is 17.6 Å². The summed E-state index contributed by atoms with van der Waals surface area (Å²) >= 11 is 0. The number of nitrogens with zero attached hydrogens (tertiary/aromatic N) is 1. The minimum Gasteiger partial charge on any atom is -0.353 e. The number of ketones is 2. The molecule has 19 heavy (non-hydrogen) atoms. The van der Waals surface area contributed by atoms with E-state index in [0.29, 0.717) is 17.5 Å². The van der Waals surface area contributed by atoms with Gasteiger partial charge in [0.25, 0.3) is 0 Å². The first-order valence-electron chi connectivity index (χ1n) is 6.82. The molecule has 0 spiro atoms. The molecule has 1 aliphatic rings. The highest BCUT2D eigenvalue weighted by Crippen LogP contribution is 2.48. The lowest BCUT2D eigenvalue weighted by Crippen LogP contribution is -2.25. The van der Waals surface area contributed by atoms with Gasteiger partial charge >= 0.3 is 0 Å². The van der Waals surface area contributed by atoms with Crippen molar-refractivity contribution < 1.29 is 14.1 Å². The molecule has 104 valence electrons. The van der Waals surface area contributed by atoms with Crippen LogP contribution in [0.5, 0.6) is 0 Å². The fourth-order valence-corrected chi connectivity index (χ4v) is 2.66. The predicted octanol–water partition coefficient (Wildman–Crippen LogP) is 3.13. The molecule has 4 heteroatoms. The van der Waals surface area contributed by atoms with E-state index in [9.17, 15) is 9.59 Å². The van der Waals surface area contributed by atoms with Crippen molar-refractivity contribution in [3.63, 3.8) is 0 Å². The van der Waals surface area contributed by atoms with Gasteiger partial charge in [0.1, 0.15) is 5.78 Å². The summed E-state index contributed by atoms with van der Waals surface area (Å²) < 4.78 is 4.93. The topological polar surface area (TPSA) is 60.2 Å². The summed E-state index contributed by atoms with van der Waals surface area (Å²) in [5, 5.41) is 3.57. The molecule has 1 fully saturated rings. The van der Waals surface area contributed by atoms with E-state index in [4.69, 9.17) is 4.52 Å². The molecule has 1 heterocycles. The van der Waals surface area contributed by atoms with Crippen LogP contribution in [0, 0.1) is 23.2 Å². The highest BCUT2D eigenvalue weighted by molar-refractivity contribution is 5.97. The normalized spacial score (nSPS) is 22.6. The Morgan fingerprint density at radius 1 is 1.47 bits per heavy atom. The first-order valence-corrected chi connectivity index (χ1v) is 6.82. The number of aromatic nitrogens is 1. The van der Waals surface area contributed by atoms with Gasteiger partial charge in [-0.1, -0.05) is 32.9 Å². The summed E-state index contributed by atoms with van der Waals surface area (Å²) in [4.78, 5) is 24.2. The number of carbonyl (C=O) groups is 2. The summed E-state index contributed by atoms with van der Waals surface area (Å²) in [7, 11) is 0. The molecule has 0 bridgehead atoms. The molecule has 0 saturated heterocycles. The van der Waals surface area contributed by atoms with Gasteiger partial charge in [-0.2, -0.15) is 0 Å². The van der Waals surface area contributed by atoms with Crippen molar-refractivity contribution in [3.05, 3.63) is 18.0 Å². The summed E-state index contributed by atoms with van der Waals surface area (Å²) in [5.41, 5.74) is -0.504. The molecule has 0 radical (unpaired) electrons. The molecular formula is C15H21NO3. The lowest BCUT2D eigenvalue weighted by atomic mass is 9.81. The molecule has 1 saturated carbocycles. The van der Waals surface area contributed by atoms with Crippen LogP contribution in [0.15, 0.2) is 16.8 Å². The van der Waals surface area contributed by atoms with Crippen LogP contribution in [0.4, 0.5) is 0 Å². The van der Waals surface area contributed by atoms with Gasteiger partial charge in [0.05, 0.1) is 6.20 Å². The Morgan fingerprint density at radius 3 is 2.68 bits per heavy atom. The van der Waals surface area contributed by atoms with Crippen molar-refractivity contribution in [1.82, 2.24) is 5.16 Å². The fraction of sp³-hybridized carbons (Fsp3) is 0.667. The minimum absolute atomic E-state index is 0.0346. The first-order chi connectivity index (χ1) is 8.83. The van der Waals surface area contributed by atoms with Crippen LogP contribution in [0.25, 0.3) is 0 Å². The zero-order valence-electron chi connectivity index (χ0n) is 12.0. The summed E-state index contributed by atoms with van der Waals surface area (Å²) in [6, 6.07) is 1.59. The molecule has 0 aromatic carbocycles. The van der Waals surface area contributed by atoms with Gasteiger partial charge in [-0.3, -0.25) is 9.59 Å². The molecule has 1 aliphatic carbocycles. The lowest BCUT2D eigenvalue weighted by Gasteiger charge is -2.21. The van der Waals surface area contributed by atoms with Crippen molar-refractivity contribution in [2.45, 2.75) is 40.5 Å². The number of carbonyl (C=O) groups excluding carboxylic acids is 2. The van der Waals surface area contributed by atoms with E-state index in [1.807, 2.05) is 27.7 Å². The zero-order chi connectivity index (χ0) is 14.2. The van der Waals surface area contributed by atoms with Crippen molar-refractivity contribution in [1.29, 1.82) is 0 Å². The molecule has 0 aliphatic heterocycles. The SMILES string of the molecule is CC(C)C(=O)C1CC1CC(C)(C)C(=O)c1ccno1. The van der Waals surface area contributed by atoms with Crippen LogP contribution < -0.4 is 0 Å². The Kier molecular flexibility index (Phi) is 3.61. The second-order valence-electron chi connectivity index (χ2n) is 6.45. The second-order valence-corrected chi connectivity index (χ2v) is 6.45. The minimum atomic E-state index is -0.504. The molecule has 1 aromatic rings. The monoisotopic (exact) mass is 263 g/mol. The summed E-state index contributed by atoms with van der Waals surface area (Å²) in [6.45, 7) is 7.69. The van der Waals surface area contributed by atoms with Crippen molar-refractivity contribution in [2.75, 3.05) is 0 Å². The third-order valence-corrected chi connectivity index (χ3v) is 3.91. The maximum absolute atomic E-state index is 12.3. The van der Waals surface area contributed by atoms with Gasteiger partial charge in [-0.15, -0.1) is 0 Å². The average molecular weight is 263 g/mol. The smallest absolute Gasteiger partial charge is 0.206 e.